The third-order valence-electron chi connectivity index (χ3n) is 6.97. The number of rotatable bonds is 25. The summed E-state index contributed by atoms with van der Waals surface area (Å²) in [5.41, 5.74) is 0. The van der Waals surface area contributed by atoms with Crippen LogP contribution in [0.25, 0.3) is 0 Å². The van der Waals surface area contributed by atoms with Gasteiger partial charge in [0.05, 0.1) is 0 Å². The van der Waals surface area contributed by atoms with Crippen LogP contribution in [0.5, 0.6) is 0 Å². The number of carbonyl (C=O) groups is 1. The highest BCUT2D eigenvalue weighted by Crippen LogP contribution is 2.32. The average Bonchev–Trinajstić information content (AvgIpc) is 2.82. The lowest BCUT2D eigenvalue weighted by molar-refractivity contribution is -0.229. The Balaban J connectivity index is -0.00000544. The number of halogens is 2. The summed E-state index contributed by atoms with van der Waals surface area (Å²) in [6.45, 7) is 14.7. The Morgan fingerprint density at radius 1 is 0.556 bits per heavy atom. The number of ether oxygens (including phenoxy) is 1. The van der Waals surface area contributed by atoms with Crippen molar-refractivity contribution in [3.05, 3.63) is 0 Å². The molecule has 7 heteroatoms. The maximum atomic E-state index is 12.1. The van der Waals surface area contributed by atoms with E-state index in [-0.39, 0.29) is 24.8 Å². The Morgan fingerprint density at radius 3 is 1.17 bits per heavy atom. The Bertz CT molecular complexity index is 434. The number of hydrogen-bond donors (Lipinski definition) is 1. The Morgan fingerprint density at radius 2 is 0.861 bits per heavy atom. The zero-order valence-corrected chi connectivity index (χ0v) is 26.2. The molecule has 0 aromatic heterocycles. The van der Waals surface area contributed by atoms with Crippen LogP contribution in [0.4, 0.5) is 4.79 Å². The summed E-state index contributed by atoms with van der Waals surface area (Å²) < 4.78 is 5.99. The molecular weight excluding hydrogens is 495 g/mol. The van der Waals surface area contributed by atoms with Crippen LogP contribution >= 0.6 is 24.8 Å². The van der Waals surface area contributed by atoms with Gasteiger partial charge in [0.25, 0.3) is 0 Å². The van der Waals surface area contributed by atoms with Gasteiger partial charge in [0.15, 0.2) is 0 Å². The lowest BCUT2D eigenvalue weighted by atomic mass is 10.0. The monoisotopic (exact) mass is 556 g/mol. The molecule has 0 amide bonds. The minimum atomic E-state index is -1.13. The van der Waals surface area contributed by atoms with Gasteiger partial charge >= 0.3 is 6.16 Å². The summed E-state index contributed by atoms with van der Waals surface area (Å²) in [5.74, 6) is -0.832. The van der Waals surface area contributed by atoms with Crippen molar-refractivity contribution < 1.29 is 14.6 Å². The highest BCUT2D eigenvalue weighted by molar-refractivity contribution is 5.85. The smallest absolute Gasteiger partial charge is 0.450 e. The molecular formula is C29H62Cl2N2O3. The second kappa shape index (κ2) is 27.8. The molecule has 0 saturated carbocycles. The van der Waals surface area contributed by atoms with Gasteiger partial charge in [-0.05, 0) is 32.1 Å². The molecule has 0 bridgehead atoms. The van der Waals surface area contributed by atoms with Crippen LogP contribution in [0.3, 0.4) is 0 Å². The minimum Gasteiger partial charge on any atom is -0.450 e. The van der Waals surface area contributed by atoms with Crippen LogP contribution in [-0.4, -0.2) is 53.1 Å². The molecule has 0 heterocycles. The standard InChI is InChI=1S/C29H60N2O3.2ClH/c1-6-11-16-17-18-19-20-21-22-23-29(34-28(32)33,30(24-12-7-2)25-13-8-3)31(26-14-9-4)27-15-10-5;;/h6-27H2,1-5H3,(H,32,33);2*1H. The van der Waals surface area contributed by atoms with E-state index in [2.05, 4.69) is 44.4 Å². The van der Waals surface area contributed by atoms with Crippen molar-refractivity contribution in [1.29, 1.82) is 0 Å². The molecule has 0 aromatic rings. The van der Waals surface area contributed by atoms with Crippen LogP contribution in [0.15, 0.2) is 0 Å². The highest BCUT2D eigenvalue weighted by atomic mass is 35.5. The lowest BCUT2D eigenvalue weighted by Gasteiger charge is -2.49. The van der Waals surface area contributed by atoms with Crippen LogP contribution in [0, 0.1) is 0 Å². The molecule has 0 atom stereocenters. The predicted octanol–water partition coefficient (Wildman–Crippen LogP) is 9.90. The molecule has 0 aromatic carbocycles. The first kappa shape index (κ1) is 40.3. The first-order chi connectivity index (χ1) is 16.5. The molecule has 0 aliphatic carbocycles. The van der Waals surface area contributed by atoms with E-state index >= 15 is 0 Å². The van der Waals surface area contributed by atoms with E-state index in [0.29, 0.717) is 0 Å². The molecule has 5 nitrogen and oxygen atoms in total. The van der Waals surface area contributed by atoms with Gasteiger partial charge in [0, 0.05) is 32.6 Å². The summed E-state index contributed by atoms with van der Waals surface area (Å²) in [7, 11) is 0. The molecule has 36 heavy (non-hydrogen) atoms. The number of hydrogen-bond acceptors (Lipinski definition) is 4. The van der Waals surface area contributed by atoms with Crippen LogP contribution in [0.2, 0.25) is 0 Å². The number of nitrogens with zero attached hydrogens (tertiary/aromatic N) is 2. The second-order valence-electron chi connectivity index (χ2n) is 10.1. The van der Waals surface area contributed by atoms with E-state index in [1.807, 2.05) is 0 Å². The van der Waals surface area contributed by atoms with Crippen LogP contribution < -0.4 is 0 Å². The molecule has 0 rings (SSSR count). The zero-order valence-electron chi connectivity index (χ0n) is 24.5. The summed E-state index contributed by atoms with van der Waals surface area (Å²) in [6, 6.07) is 0. The van der Waals surface area contributed by atoms with Gasteiger partial charge in [-0.3, -0.25) is 9.80 Å². The fraction of sp³-hybridized carbons (Fsp3) is 0.966. The predicted molar refractivity (Wildman–Crippen MR) is 161 cm³/mol. The van der Waals surface area contributed by atoms with Crippen molar-refractivity contribution in [2.75, 3.05) is 26.2 Å². The molecule has 0 aliphatic rings. The molecule has 0 aliphatic heterocycles. The number of carboxylic acid groups (broad SMARTS) is 1. The van der Waals surface area contributed by atoms with Gasteiger partial charge in [0.2, 0.25) is 5.85 Å². The van der Waals surface area contributed by atoms with Crippen molar-refractivity contribution >= 4 is 31.0 Å². The van der Waals surface area contributed by atoms with Crippen molar-refractivity contribution in [1.82, 2.24) is 9.80 Å². The SMILES string of the molecule is CCCCCCCCCCCC(OC(=O)O)(N(CCCC)CCCC)N(CCCC)CCCC.Cl.Cl. The van der Waals surface area contributed by atoms with Gasteiger partial charge in [-0.2, -0.15) is 0 Å². The van der Waals surface area contributed by atoms with E-state index < -0.39 is 12.0 Å². The average molecular weight is 558 g/mol. The Hall–Kier alpha value is -0.230. The van der Waals surface area contributed by atoms with E-state index in [1.165, 1.54) is 44.9 Å². The Kier molecular flexibility index (Phi) is 31.1. The third kappa shape index (κ3) is 18.1. The fourth-order valence-corrected chi connectivity index (χ4v) is 4.82. The Labute approximate surface area is 237 Å². The van der Waals surface area contributed by atoms with Crippen molar-refractivity contribution in [3.8, 4) is 0 Å². The van der Waals surface area contributed by atoms with Crippen molar-refractivity contribution in [2.45, 2.75) is 156 Å². The first-order valence-electron chi connectivity index (χ1n) is 14.9. The van der Waals surface area contributed by atoms with Crippen molar-refractivity contribution in [3.63, 3.8) is 0 Å². The zero-order chi connectivity index (χ0) is 25.5. The minimum absolute atomic E-state index is 0. The molecule has 0 spiro atoms. The largest absolute Gasteiger partial charge is 0.508 e. The topological polar surface area (TPSA) is 53.0 Å². The maximum absolute atomic E-state index is 12.1. The van der Waals surface area contributed by atoms with E-state index in [1.54, 1.807) is 0 Å². The normalized spacial score (nSPS) is 11.4. The van der Waals surface area contributed by atoms with Gasteiger partial charge < -0.3 is 9.84 Å². The van der Waals surface area contributed by atoms with Crippen LogP contribution in [0.1, 0.15) is 150 Å². The molecule has 1 N–H and O–H groups in total. The van der Waals surface area contributed by atoms with E-state index in [0.717, 1.165) is 96.8 Å². The molecule has 0 unspecified atom stereocenters. The van der Waals surface area contributed by atoms with E-state index in [9.17, 15) is 9.90 Å². The summed E-state index contributed by atoms with van der Waals surface area (Å²) in [5, 5.41) is 9.92. The summed E-state index contributed by atoms with van der Waals surface area (Å²) in [4.78, 5) is 16.9. The van der Waals surface area contributed by atoms with Gasteiger partial charge in [-0.15, -0.1) is 24.8 Å². The number of unbranched alkanes of at least 4 members (excludes halogenated alkanes) is 12. The van der Waals surface area contributed by atoms with Gasteiger partial charge in [-0.25, -0.2) is 4.79 Å². The van der Waals surface area contributed by atoms with E-state index in [4.69, 9.17) is 4.74 Å². The fourth-order valence-electron chi connectivity index (χ4n) is 4.82. The second-order valence-corrected chi connectivity index (χ2v) is 10.1. The molecule has 0 radical (unpaired) electrons. The summed E-state index contributed by atoms with van der Waals surface area (Å²) in [6.07, 6.45) is 19.7. The maximum Gasteiger partial charge on any atom is 0.508 e. The molecule has 0 saturated heterocycles. The first-order valence-corrected chi connectivity index (χ1v) is 14.9. The molecule has 220 valence electrons. The summed E-state index contributed by atoms with van der Waals surface area (Å²) >= 11 is 0. The van der Waals surface area contributed by atoms with Gasteiger partial charge in [0.1, 0.15) is 0 Å². The lowest BCUT2D eigenvalue weighted by Crippen LogP contribution is -2.64. The molecule has 0 fully saturated rings. The third-order valence-corrected chi connectivity index (χ3v) is 6.97. The quantitative estimate of drug-likeness (QED) is 0.0688. The van der Waals surface area contributed by atoms with Gasteiger partial charge in [-0.1, -0.05) is 112 Å². The highest BCUT2D eigenvalue weighted by Gasteiger charge is 2.45. The van der Waals surface area contributed by atoms with Crippen LogP contribution in [-0.2, 0) is 4.74 Å². The van der Waals surface area contributed by atoms with Crippen molar-refractivity contribution in [2.24, 2.45) is 0 Å².